The number of halogens is 2. The van der Waals surface area contributed by atoms with Crippen LogP contribution in [0.15, 0.2) is 54.6 Å². The van der Waals surface area contributed by atoms with Crippen LogP contribution in [0.25, 0.3) is 0 Å². The van der Waals surface area contributed by atoms with Crippen molar-refractivity contribution in [1.82, 2.24) is 0 Å². The van der Waals surface area contributed by atoms with Gasteiger partial charge in [-0.25, -0.2) is 4.39 Å². The Hall–Kier alpha value is -1.75. The third kappa shape index (κ3) is 6.04. The van der Waals surface area contributed by atoms with E-state index in [-0.39, 0.29) is 30.0 Å². The summed E-state index contributed by atoms with van der Waals surface area (Å²) in [7, 11) is 0. The maximum atomic E-state index is 12.8. The Morgan fingerprint density at radius 2 is 1.75 bits per heavy atom. The third-order valence-corrected chi connectivity index (χ3v) is 3.95. The highest BCUT2D eigenvalue weighted by molar-refractivity contribution is 5.95. The summed E-state index contributed by atoms with van der Waals surface area (Å²) in [5.74, 6) is -0.312. The summed E-state index contributed by atoms with van der Waals surface area (Å²) in [6, 6.07) is 15.2. The molecule has 0 aromatic heterocycles. The van der Waals surface area contributed by atoms with E-state index in [1.165, 1.54) is 24.3 Å². The van der Waals surface area contributed by atoms with Crippen molar-refractivity contribution in [3.63, 3.8) is 0 Å². The van der Waals surface area contributed by atoms with Gasteiger partial charge in [0.05, 0.1) is 6.54 Å². The molecule has 5 heteroatoms. The normalized spacial score (nSPS) is 13.0. The van der Waals surface area contributed by atoms with Gasteiger partial charge in [-0.15, -0.1) is 0 Å². The lowest BCUT2D eigenvalue weighted by Gasteiger charge is -2.17. The molecule has 0 amide bonds. The number of carbonyl (C=O) groups is 1. The predicted molar refractivity (Wildman–Crippen MR) is 87.6 cm³/mol. The van der Waals surface area contributed by atoms with E-state index in [1.807, 2.05) is 37.3 Å². The van der Waals surface area contributed by atoms with Gasteiger partial charge in [0.1, 0.15) is 18.0 Å². The molecule has 0 aliphatic rings. The first kappa shape index (κ1) is 20.3. The van der Waals surface area contributed by atoms with Crippen LogP contribution in [0.5, 0.6) is 0 Å². The van der Waals surface area contributed by atoms with Gasteiger partial charge in [0.15, 0.2) is 5.78 Å². The van der Waals surface area contributed by atoms with Gasteiger partial charge in [-0.3, -0.25) is 4.79 Å². The average Bonchev–Trinajstić information content (AvgIpc) is 2.59. The minimum absolute atomic E-state index is 0. The van der Waals surface area contributed by atoms with Crippen molar-refractivity contribution in [1.29, 1.82) is 0 Å². The molecule has 0 aliphatic heterocycles. The van der Waals surface area contributed by atoms with Crippen LogP contribution in [-0.4, -0.2) is 23.5 Å². The molecule has 0 fully saturated rings. The number of aliphatic hydroxyl groups excluding tert-OH is 1. The van der Waals surface area contributed by atoms with Gasteiger partial charge < -0.3 is 22.8 Å². The minimum atomic E-state index is -0.524. The Kier molecular flexibility index (Phi) is 8.61. The van der Waals surface area contributed by atoms with Crippen LogP contribution in [0, 0.1) is 5.82 Å². The van der Waals surface area contributed by atoms with Crippen LogP contribution in [0.4, 0.5) is 4.39 Å². The summed E-state index contributed by atoms with van der Waals surface area (Å²) in [6.45, 7) is 2.73. The highest BCUT2D eigenvalue weighted by Crippen LogP contribution is 2.13. The summed E-state index contributed by atoms with van der Waals surface area (Å²) in [6.07, 6.45) is 0.627. The van der Waals surface area contributed by atoms with Crippen LogP contribution >= 0.6 is 0 Å². The molecule has 0 radical (unpaired) electrons. The molecular weight excluding hydrogens is 329 g/mol. The van der Waals surface area contributed by atoms with E-state index in [0.29, 0.717) is 12.0 Å². The van der Waals surface area contributed by atoms with Crippen LogP contribution in [0.2, 0.25) is 0 Å². The molecule has 24 heavy (non-hydrogen) atoms. The van der Waals surface area contributed by atoms with Gasteiger partial charge in [0, 0.05) is 18.4 Å². The van der Waals surface area contributed by atoms with Crippen molar-refractivity contribution in [2.45, 2.75) is 31.9 Å². The molecule has 0 saturated heterocycles. The van der Waals surface area contributed by atoms with E-state index < -0.39 is 6.10 Å². The van der Waals surface area contributed by atoms with E-state index in [0.717, 1.165) is 18.5 Å². The molecular formula is C19H23ClFNO2. The van der Waals surface area contributed by atoms with Crippen LogP contribution in [-0.2, 0) is 0 Å². The van der Waals surface area contributed by atoms with Crippen LogP contribution < -0.4 is 17.7 Å². The molecule has 0 heterocycles. The zero-order valence-corrected chi connectivity index (χ0v) is 14.4. The molecule has 3 N–H and O–H groups in total. The SMILES string of the molecule is CC([NH2+]CCCC(=O)c1ccc(F)cc1)C(O)c1ccccc1.[Cl-]. The second-order valence-electron chi connectivity index (χ2n) is 5.77. The highest BCUT2D eigenvalue weighted by atomic mass is 35.5. The first-order chi connectivity index (χ1) is 11.1. The largest absolute Gasteiger partial charge is 1.00 e. The first-order valence-corrected chi connectivity index (χ1v) is 7.93. The van der Waals surface area contributed by atoms with E-state index >= 15 is 0 Å². The molecule has 3 nitrogen and oxygen atoms in total. The second kappa shape index (κ2) is 10.2. The molecule has 2 aromatic carbocycles. The molecule has 2 atom stereocenters. The van der Waals surface area contributed by atoms with E-state index in [1.54, 1.807) is 0 Å². The third-order valence-electron chi connectivity index (χ3n) is 3.95. The van der Waals surface area contributed by atoms with Gasteiger partial charge in [-0.05, 0) is 36.8 Å². The highest BCUT2D eigenvalue weighted by Gasteiger charge is 2.18. The second-order valence-corrected chi connectivity index (χ2v) is 5.77. The fourth-order valence-electron chi connectivity index (χ4n) is 2.51. The van der Waals surface area contributed by atoms with E-state index in [9.17, 15) is 14.3 Å². The molecule has 2 aromatic rings. The van der Waals surface area contributed by atoms with Crippen LogP contribution in [0.1, 0.15) is 41.8 Å². The van der Waals surface area contributed by atoms with Crippen molar-refractivity contribution in [2.24, 2.45) is 0 Å². The Bertz CT molecular complexity index is 619. The fraction of sp³-hybridized carbons (Fsp3) is 0.316. The number of nitrogens with two attached hydrogens (primary N) is 1. The van der Waals surface area contributed by atoms with E-state index in [4.69, 9.17) is 0 Å². The van der Waals surface area contributed by atoms with Crippen molar-refractivity contribution in [2.75, 3.05) is 6.54 Å². The number of rotatable bonds is 8. The molecule has 0 spiro atoms. The molecule has 2 unspecified atom stereocenters. The van der Waals surface area contributed by atoms with Gasteiger partial charge >= 0.3 is 0 Å². The molecule has 0 aliphatic carbocycles. The first-order valence-electron chi connectivity index (χ1n) is 7.93. The maximum Gasteiger partial charge on any atom is 0.163 e. The summed E-state index contributed by atoms with van der Waals surface area (Å²) in [5.41, 5.74) is 1.45. The molecule has 0 bridgehead atoms. The average molecular weight is 352 g/mol. The number of carbonyl (C=O) groups excluding carboxylic acids is 1. The van der Waals surface area contributed by atoms with Gasteiger partial charge in [0.25, 0.3) is 0 Å². The zero-order valence-electron chi connectivity index (χ0n) is 13.7. The van der Waals surface area contributed by atoms with Crippen LogP contribution in [0.3, 0.4) is 0 Å². The number of ketones is 1. The monoisotopic (exact) mass is 351 g/mol. The van der Waals surface area contributed by atoms with E-state index in [2.05, 4.69) is 5.32 Å². The minimum Gasteiger partial charge on any atom is -1.00 e. The Morgan fingerprint density at radius 3 is 2.38 bits per heavy atom. The zero-order chi connectivity index (χ0) is 16.7. The number of benzene rings is 2. The van der Waals surface area contributed by atoms with Crippen molar-refractivity contribution < 1.29 is 32.0 Å². The Labute approximate surface area is 148 Å². The summed E-state index contributed by atoms with van der Waals surface area (Å²) < 4.78 is 12.8. The summed E-state index contributed by atoms with van der Waals surface area (Å²) >= 11 is 0. The van der Waals surface area contributed by atoms with Gasteiger partial charge in [-0.2, -0.15) is 0 Å². The smallest absolute Gasteiger partial charge is 0.163 e. The lowest BCUT2D eigenvalue weighted by atomic mass is 10.0. The molecule has 130 valence electrons. The Balaban J connectivity index is 0.00000288. The quantitative estimate of drug-likeness (QED) is 0.496. The summed E-state index contributed by atoms with van der Waals surface area (Å²) in [5, 5.41) is 12.3. The lowest BCUT2D eigenvalue weighted by Crippen LogP contribution is -3.00. The predicted octanol–water partition coefficient (Wildman–Crippen LogP) is -0.522. The lowest BCUT2D eigenvalue weighted by molar-refractivity contribution is -0.694. The summed E-state index contributed by atoms with van der Waals surface area (Å²) in [4.78, 5) is 12.0. The van der Waals surface area contributed by atoms with Crippen molar-refractivity contribution in [3.8, 4) is 0 Å². The topological polar surface area (TPSA) is 53.9 Å². The Morgan fingerprint density at radius 1 is 1.12 bits per heavy atom. The van der Waals surface area contributed by atoms with Crippen molar-refractivity contribution >= 4 is 5.78 Å². The molecule has 2 rings (SSSR count). The number of Topliss-reactive ketones (excluding diaryl/α,β-unsaturated/α-hetero) is 1. The maximum absolute atomic E-state index is 12.8. The van der Waals surface area contributed by atoms with Gasteiger partial charge in [0.2, 0.25) is 0 Å². The fourth-order valence-corrected chi connectivity index (χ4v) is 2.51. The van der Waals surface area contributed by atoms with Gasteiger partial charge in [-0.1, -0.05) is 30.3 Å². The molecule has 0 saturated carbocycles. The van der Waals surface area contributed by atoms with Crippen molar-refractivity contribution in [3.05, 3.63) is 71.5 Å². The number of aliphatic hydroxyl groups is 1. The number of quaternary nitrogens is 1. The number of hydrogen-bond acceptors (Lipinski definition) is 2. The standard InChI is InChI=1S/C19H22FNO2.ClH/c1-14(19(23)16-6-3-2-4-7-16)21-13-5-8-18(22)15-9-11-17(20)12-10-15;/h2-4,6-7,9-12,14,19,21,23H,5,8,13H2,1H3;1H. The number of hydrogen-bond donors (Lipinski definition) is 2.